The lowest BCUT2D eigenvalue weighted by molar-refractivity contribution is 0.194. The van der Waals surface area contributed by atoms with Crippen molar-refractivity contribution in [3.63, 3.8) is 0 Å². The van der Waals surface area contributed by atoms with E-state index in [1.165, 1.54) is 0 Å². The maximum absolute atomic E-state index is 6.04. The van der Waals surface area contributed by atoms with Crippen LogP contribution in [0.2, 0.25) is 0 Å². The first kappa shape index (κ1) is 13.8. The molecule has 0 spiro atoms. The van der Waals surface area contributed by atoms with Gasteiger partial charge in [-0.25, -0.2) is 0 Å². The fourth-order valence-electron chi connectivity index (χ4n) is 1.66. The van der Waals surface area contributed by atoms with Crippen molar-refractivity contribution < 1.29 is 4.74 Å². The van der Waals surface area contributed by atoms with Crippen LogP contribution in [0.25, 0.3) is 6.08 Å². The minimum Gasteiger partial charge on any atom is -0.488 e. The third-order valence-corrected chi connectivity index (χ3v) is 2.64. The molecule has 0 saturated heterocycles. The highest BCUT2D eigenvalue weighted by atomic mass is 16.5. The van der Waals surface area contributed by atoms with Crippen LogP contribution >= 0.6 is 0 Å². The molecule has 17 heavy (non-hydrogen) atoms. The van der Waals surface area contributed by atoms with Gasteiger partial charge in [-0.2, -0.15) is 0 Å². The van der Waals surface area contributed by atoms with Gasteiger partial charge in [0.25, 0.3) is 0 Å². The largest absolute Gasteiger partial charge is 0.488 e. The van der Waals surface area contributed by atoms with Crippen LogP contribution in [0.5, 0.6) is 5.75 Å². The van der Waals surface area contributed by atoms with Crippen LogP contribution in [0.4, 0.5) is 0 Å². The average Bonchev–Trinajstić information content (AvgIpc) is 2.36. The number of likely N-dealkylation sites (N-methyl/N-ethyl adjacent to an activating group) is 1. The number of rotatable bonds is 7. The minimum atomic E-state index is 0.237. The zero-order valence-corrected chi connectivity index (χ0v) is 11.1. The molecule has 0 radical (unpaired) electrons. The van der Waals surface area contributed by atoms with Gasteiger partial charge in [0.1, 0.15) is 11.9 Å². The fourth-order valence-corrected chi connectivity index (χ4v) is 1.66. The summed E-state index contributed by atoms with van der Waals surface area (Å²) in [5, 5.41) is 3.33. The van der Waals surface area contributed by atoms with E-state index >= 15 is 0 Å². The van der Waals surface area contributed by atoms with Gasteiger partial charge in [0.15, 0.2) is 0 Å². The van der Waals surface area contributed by atoms with Crippen molar-refractivity contribution in [2.75, 3.05) is 13.1 Å². The lowest BCUT2D eigenvalue weighted by Crippen LogP contribution is -2.30. The van der Waals surface area contributed by atoms with Crippen LogP contribution in [0, 0.1) is 0 Å². The van der Waals surface area contributed by atoms with Gasteiger partial charge in [-0.05, 0) is 26.0 Å². The Morgan fingerprint density at radius 2 is 2.06 bits per heavy atom. The lowest BCUT2D eigenvalue weighted by atomic mass is 10.2. The third-order valence-electron chi connectivity index (χ3n) is 2.64. The molecule has 1 unspecified atom stereocenters. The maximum atomic E-state index is 6.04. The highest BCUT2D eigenvalue weighted by Crippen LogP contribution is 2.21. The molecule has 0 bridgehead atoms. The second-order valence-corrected chi connectivity index (χ2v) is 3.99. The van der Waals surface area contributed by atoms with E-state index in [-0.39, 0.29) is 6.10 Å². The van der Waals surface area contributed by atoms with Crippen LogP contribution < -0.4 is 10.1 Å². The summed E-state index contributed by atoms with van der Waals surface area (Å²) in [6.07, 6.45) is 5.36. The quantitative estimate of drug-likeness (QED) is 0.778. The summed E-state index contributed by atoms with van der Waals surface area (Å²) >= 11 is 0. The zero-order chi connectivity index (χ0) is 12.5. The maximum Gasteiger partial charge on any atom is 0.126 e. The predicted octanol–water partition coefficient (Wildman–Crippen LogP) is 3.49. The predicted molar refractivity (Wildman–Crippen MR) is 74.4 cm³/mol. The summed E-state index contributed by atoms with van der Waals surface area (Å²) in [4.78, 5) is 0. The van der Waals surface area contributed by atoms with Crippen molar-refractivity contribution in [2.45, 2.75) is 33.3 Å². The number of nitrogens with one attached hydrogen (secondary N) is 1. The molecular weight excluding hydrogens is 210 g/mol. The monoisotopic (exact) mass is 233 g/mol. The molecule has 0 aromatic heterocycles. The molecule has 0 saturated carbocycles. The van der Waals surface area contributed by atoms with Crippen LogP contribution in [-0.4, -0.2) is 19.2 Å². The van der Waals surface area contributed by atoms with Crippen molar-refractivity contribution in [1.29, 1.82) is 0 Å². The van der Waals surface area contributed by atoms with E-state index in [1.54, 1.807) is 0 Å². The molecule has 1 N–H and O–H groups in total. The molecule has 2 heteroatoms. The second-order valence-electron chi connectivity index (χ2n) is 3.99. The summed E-state index contributed by atoms with van der Waals surface area (Å²) in [6, 6.07) is 8.16. The molecule has 2 nitrogen and oxygen atoms in total. The second kappa shape index (κ2) is 7.91. The standard InChI is InChI=1S/C15H23NO/c1-4-9-13-10-7-8-11-15(13)17-14(5-2)12-16-6-3/h4,7-11,14,16H,5-6,12H2,1-3H3. The molecule has 94 valence electrons. The fraction of sp³-hybridized carbons (Fsp3) is 0.467. The van der Waals surface area contributed by atoms with E-state index in [0.29, 0.717) is 0 Å². The first-order valence-corrected chi connectivity index (χ1v) is 6.40. The Morgan fingerprint density at radius 1 is 1.29 bits per heavy atom. The summed E-state index contributed by atoms with van der Waals surface area (Å²) in [5.41, 5.74) is 1.14. The van der Waals surface area contributed by atoms with Gasteiger partial charge in [-0.15, -0.1) is 0 Å². The van der Waals surface area contributed by atoms with E-state index in [9.17, 15) is 0 Å². The van der Waals surface area contributed by atoms with Gasteiger partial charge in [0, 0.05) is 12.1 Å². The van der Waals surface area contributed by atoms with Crippen molar-refractivity contribution in [3.05, 3.63) is 35.9 Å². The summed E-state index contributed by atoms with van der Waals surface area (Å²) < 4.78 is 6.04. The number of ether oxygens (including phenoxy) is 1. The molecule has 1 aromatic rings. The molecule has 1 atom stereocenters. The van der Waals surface area contributed by atoms with Gasteiger partial charge in [-0.3, -0.25) is 0 Å². The molecule has 0 aliphatic heterocycles. The summed E-state index contributed by atoms with van der Waals surface area (Å²) in [5.74, 6) is 0.968. The van der Waals surface area contributed by atoms with Crippen LogP contribution in [0.15, 0.2) is 30.3 Å². The molecule has 0 aliphatic rings. The van der Waals surface area contributed by atoms with Gasteiger partial charge in [-0.1, -0.05) is 44.2 Å². The van der Waals surface area contributed by atoms with E-state index in [0.717, 1.165) is 30.8 Å². The molecule has 0 heterocycles. The number of benzene rings is 1. The molecular formula is C15H23NO. The minimum absolute atomic E-state index is 0.237. The van der Waals surface area contributed by atoms with Gasteiger partial charge >= 0.3 is 0 Å². The van der Waals surface area contributed by atoms with Crippen LogP contribution in [0.1, 0.15) is 32.8 Å². The molecule has 0 fully saturated rings. The molecule has 1 aromatic carbocycles. The van der Waals surface area contributed by atoms with Gasteiger partial charge in [0.2, 0.25) is 0 Å². The third kappa shape index (κ3) is 4.61. The van der Waals surface area contributed by atoms with Gasteiger partial charge < -0.3 is 10.1 Å². The van der Waals surface area contributed by atoms with Crippen molar-refractivity contribution in [3.8, 4) is 5.75 Å². The zero-order valence-electron chi connectivity index (χ0n) is 11.1. The summed E-state index contributed by atoms with van der Waals surface area (Å²) in [7, 11) is 0. The topological polar surface area (TPSA) is 21.3 Å². The van der Waals surface area contributed by atoms with Crippen molar-refractivity contribution in [1.82, 2.24) is 5.32 Å². The Balaban J connectivity index is 2.71. The number of allylic oxidation sites excluding steroid dienone is 1. The Bertz CT molecular complexity index is 347. The smallest absolute Gasteiger partial charge is 0.126 e. The average molecular weight is 233 g/mol. The summed E-state index contributed by atoms with van der Waals surface area (Å²) in [6.45, 7) is 8.17. The van der Waals surface area contributed by atoms with E-state index < -0.39 is 0 Å². The Morgan fingerprint density at radius 3 is 2.71 bits per heavy atom. The van der Waals surface area contributed by atoms with E-state index in [4.69, 9.17) is 4.74 Å². The molecule has 0 aliphatic carbocycles. The van der Waals surface area contributed by atoms with Crippen LogP contribution in [-0.2, 0) is 0 Å². The molecule has 1 rings (SSSR count). The van der Waals surface area contributed by atoms with E-state index in [1.807, 2.05) is 31.2 Å². The number of hydrogen-bond acceptors (Lipinski definition) is 2. The van der Waals surface area contributed by atoms with E-state index in [2.05, 4.69) is 31.3 Å². The Hall–Kier alpha value is -1.28. The SMILES string of the molecule is CC=Cc1ccccc1OC(CC)CNCC. The van der Waals surface area contributed by atoms with Crippen molar-refractivity contribution >= 4 is 6.08 Å². The lowest BCUT2D eigenvalue weighted by Gasteiger charge is -2.19. The molecule has 0 amide bonds. The highest BCUT2D eigenvalue weighted by Gasteiger charge is 2.08. The number of para-hydroxylation sites is 1. The van der Waals surface area contributed by atoms with Crippen LogP contribution in [0.3, 0.4) is 0 Å². The Kier molecular flexibility index (Phi) is 6.41. The van der Waals surface area contributed by atoms with Gasteiger partial charge in [0.05, 0.1) is 0 Å². The first-order valence-electron chi connectivity index (χ1n) is 6.40. The van der Waals surface area contributed by atoms with Crippen molar-refractivity contribution in [2.24, 2.45) is 0 Å². The highest BCUT2D eigenvalue weighted by molar-refractivity contribution is 5.56. The Labute approximate surface area is 105 Å². The number of hydrogen-bond donors (Lipinski definition) is 1. The first-order chi connectivity index (χ1) is 8.31. The normalized spacial score (nSPS) is 12.9.